The number of nitrogens with one attached hydrogen (secondary N) is 1. The Balaban J connectivity index is 1.13. The molecule has 1 aliphatic heterocycles. The van der Waals surface area contributed by atoms with E-state index in [4.69, 9.17) is 30.2 Å². The van der Waals surface area contributed by atoms with E-state index in [1.54, 1.807) is 35.9 Å². The van der Waals surface area contributed by atoms with Crippen LogP contribution < -0.4 is 10.1 Å². The fraction of sp³-hybridized carbons (Fsp3) is 0.107. The van der Waals surface area contributed by atoms with Gasteiger partial charge in [-0.05, 0) is 48.5 Å². The van der Waals surface area contributed by atoms with E-state index < -0.39 is 0 Å². The highest BCUT2D eigenvalue weighted by Gasteiger charge is 2.19. The molecule has 1 fully saturated rings. The van der Waals surface area contributed by atoms with Gasteiger partial charge >= 0.3 is 0 Å². The fourth-order valence-corrected chi connectivity index (χ4v) is 5.34. The van der Waals surface area contributed by atoms with Gasteiger partial charge in [-0.1, -0.05) is 17.7 Å². The summed E-state index contributed by atoms with van der Waals surface area (Å²) >= 11 is 7.54. The first-order chi connectivity index (χ1) is 18.7. The normalized spacial score (nSPS) is 13.9. The third-order valence-electron chi connectivity index (χ3n) is 5.99. The molecule has 0 amide bonds. The van der Waals surface area contributed by atoms with Crippen LogP contribution >= 0.6 is 22.9 Å². The fourth-order valence-electron chi connectivity index (χ4n) is 4.17. The second kappa shape index (κ2) is 9.70. The average Bonchev–Trinajstić information content (AvgIpc) is 3.70. The maximum atomic E-state index is 6.28. The maximum absolute atomic E-state index is 6.28. The van der Waals surface area contributed by atoms with E-state index in [0.717, 1.165) is 32.0 Å². The molecule has 4 aromatic heterocycles. The first kappa shape index (κ1) is 23.1. The summed E-state index contributed by atoms with van der Waals surface area (Å²) in [6.07, 6.45) is 3.19. The molecule has 0 atom stereocenters. The van der Waals surface area contributed by atoms with Crippen LogP contribution in [0.15, 0.2) is 83.5 Å². The van der Waals surface area contributed by atoms with Gasteiger partial charge in [0.25, 0.3) is 6.01 Å². The van der Waals surface area contributed by atoms with Crippen molar-refractivity contribution in [3.63, 3.8) is 0 Å². The number of oxazole rings is 1. The molecule has 7 rings (SSSR count). The van der Waals surface area contributed by atoms with Crippen molar-refractivity contribution in [2.45, 2.75) is 6.29 Å². The highest BCUT2D eigenvalue weighted by Crippen LogP contribution is 2.39. The van der Waals surface area contributed by atoms with Crippen molar-refractivity contribution in [1.29, 1.82) is 0 Å². The summed E-state index contributed by atoms with van der Waals surface area (Å²) in [5, 5.41) is 3.81. The van der Waals surface area contributed by atoms with Crippen molar-refractivity contribution in [3.05, 3.63) is 89.7 Å². The molecule has 0 spiro atoms. The van der Waals surface area contributed by atoms with Crippen molar-refractivity contribution < 1.29 is 18.6 Å². The van der Waals surface area contributed by atoms with Crippen LogP contribution in [0.1, 0.15) is 11.9 Å². The van der Waals surface area contributed by atoms with Gasteiger partial charge in [0, 0.05) is 40.8 Å². The zero-order valence-electron chi connectivity index (χ0n) is 19.8. The standard InChI is InChI=1S/C28H19ClN4O4S/c29-17-2-4-18(5-3-17)32-28-33-21-13-19(6-8-23(21)37-28)36-24-9-10-30-22-14-25(38-26(22)24)20-7-1-16(15-31-20)27-34-11-12-35-27/h1-10,13-15,27H,11-12H2,(H,32,33). The number of nitrogens with zero attached hydrogens (tertiary/aromatic N) is 3. The second-order valence-corrected chi connectivity index (χ2v) is 10.1. The summed E-state index contributed by atoms with van der Waals surface area (Å²) in [6, 6.07) is 21.1. The van der Waals surface area contributed by atoms with Crippen LogP contribution in [0.25, 0.3) is 31.9 Å². The molecule has 0 bridgehead atoms. The van der Waals surface area contributed by atoms with Gasteiger partial charge in [0.2, 0.25) is 0 Å². The second-order valence-electron chi connectivity index (χ2n) is 8.57. The molecule has 6 aromatic rings. The summed E-state index contributed by atoms with van der Waals surface area (Å²) < 4.78 is 24.2. The molecule has 8 nitrogen and oxygen atoms in total. The first-order valence-corrected chi connectivity index (χ1v) is 13.1. The lowest BCUT2D eigenvalue weighted by atomic mass is 10.2. The number of fused-ring (bicyclic) bond motifs is 2. The van der Waals surface area contributed by atoms with Gasteiger partial charge in [-0.3, -0.25) is 9.97 Å². The number of pyridine rings is 2. The first-order valence-electron chi connectivity index (χ1n) is 11.9. The minimum atomic E-state index is -0.341. The molecule has 1 aliphatic rings. The Morgan fingerprint density at radius 1 is 0.921 bits per heavy atom. The molecule has 0 radical (unpaired) electrons. The number of aromatic nitrogens is 3. The van der Waals surface area contributed by atoms with Gasteiger partial charge in [-0.15, -0.1) is 11.3 Å². The van der Waals surface area contributed by atoms with Crippen LogP contribution in [0, 0.1) is 0 Å². The molecule has 38 heavy (non-hydrogen) atoms. The lowest BCUT2D eigenvalue weighted by molar-refractivity contribution is -0.0443. The van der Waals surface area contributed by atoms with Crippen molar-refractivity contribution >= 4 is 56.0 Å². The minimum Gasteiger partial charge on any atom is -0.456 e. The quantitative estimate of drug-likeness (QED) is 0.228. The van der Waals surface area contributed by atoms with Crippen LogP contribution in [0.4, 0.5) is 11.7 Å². The number of benzene rings is 2. The van der Waals surface area contributed by atoms with Gasteiger partial charge < -0.3 is 23.9 Å². The number of halogens is 1. The molecule has 1 N–H and O–H groups in total. The van der Waals surface area contributed by atoms with E-state index in [-0.39, 0.29) is 6.29 Å². The molecular weight excluding hydrogens is 524 g/mol. The minimum absolute atomic E-state index is 0.341. The Labute approximate surface area is 225 Å². The summed E-state index contributed by atoms with van der Waals surface area (Å²) in [6.45, 7) is 1.20. The van der Waals surface area contributed by atoms with E-state index in [1.807, 2.05) is 54.6 Å². The van der Waals surface area contributed by atoms with Gasteiger partial charge in [-0.25, -0.2) is 0 Å². The third kappa shape index (κ3) is 4.57. The molecule has 0 unspecified atom stereocenters. The Morgan fingerprint density at radius 2 is 1.79 bits per heavy atom. The molecule has 2 aromatic carbocycles. The molecular formula is C28H19ClN4O4S. The Bertz CT molecular complexity index is 1750. The Kier molecular flexibility index (Phi) is 5.90. The average molecular weight is 543 g/mol. The number of anilines is 2. The molecule has 5 heterocycles. The molecule has 0 saturated carbocycles. The number of hydrogen-bond donors (Lipinski definition) is 1. The lowest BCUT2D eigenvalue weighted by Gasteiger charge is -2.08. The lowest BCUT2D eigenvalue weighted by Crippen LogP contribution is -1.98. The molecule has 188 valence electrons. The van der Waals surface area contributed by atoms with Crippen LogP contribution in [-0.2, 0) is 9.47 Å². The summed E-state index contributed by atoms with van der Waals surface area (Å²) in [4.78, 5) is 14.7. The van der Waals surface area contributed by atoms with Crippen LogP contribution in [0.5, 0.6) is 11.5 Å². The summed E-state index contributed by atoms with van der Waals surface area (Å²) in [5.74, 6) is 1.35. The van der Waals surface area contributed by atoms with E-state index >= 15 is 0 Å². The van der Waals surface area contributed by atoms with E-state index in [2.05, 4.69) is 20.3 Å². The highest BCUT2D eigenvalue weighted by atomic mass is 35.5. The van der Waals surface area contributed by atoms with Crippen LogP contribution in [-0.4, -0.2) is 28.2 Å². The number of ether oxygens (including phenoxy) is 3. The molecule has 1 saturated heterocycles. The predicted molar refractivity (Wildman–Crippen MR) is 146 cm³/mol. The van der Waals surface area contributed by atoms with Crippen molar-refractivity contribution in [1.82, 2.24) is 15.0 Å². The summed E-state index contributed by atoms with van der Waals surface area (Å²) in [7, 11) is 0. The van der Waals surface area contributed by atoms with Crippen molar-refractivity contribution in [2.75, 3.05) is 18.5 Å². The number of hydrogen-bond acceptors (Lipinski definition) is 9. The smallest absolute Gasteiger partial charge is 0.300 e. The zero-order valence-corrected chi connectivity index (χ0v) is 21.3. The Morgan fingerprint density at radius 3 is 2.61 bits per heavy atom. The third-order valence-corrected chi connectivity index (χ3v) is 7.40. The highest BCUT2D eigenvalue weighted by molar-refractivity contribution is 7.22. The summed E-state index contributed by atoms with van der Waals surface area (Å²) in [5.41, 5.74) is 4.75. The maximum Gasteiger partial charge on any atom is 0.300 e. The number of rotatable bonds is 6. The van der Waals surface area contributed by atoms with Crippen molar-refractivity contribution in [2.24, 2.45) is 0 Å². The van der Waals surface area contributed by atoms with Crippen LogP contribution in [0.3, 0.4) is 0 Å². The van der Waals surface area contributed by atoms with Crippen molar-refractivity contribution in [3.8, 4) is 22.1 Å². The van der Waals surface area contributed by atoms with Gasteiger partial charge in [0.05, 0.1) is 34.0 Å². The van der Waals surface area contributed by atoms with Crippen LogP contribution in [0.2, 0.25) is 5.02 Å². The van der Waals surface area contributed by atoms with Gasteiger partial charge in [0.1, 0.15) is 17.0 Å². The molecule has 0 aliphatic carbocycles. The van der Waals surface area contributed by atoms with Gasteiger partial charge in [0.15, 0.2) is 11.9 Å². The largest absolute Gasteiger partial charge is 0.456 e. The topological polar surface area (TPSA) is 91.5 Å². The van der Waals surface area contributed by atoms with E-state index in [0.29, 0.717) is 46.8 Å². The van der Waals surface area contributed by atoms with E-state index in [9.17, 15) is 0 Å². The SMILES string of the molecule is Clc1ccc(Nc2nc3cc(Oc4ccnc5cc(-c6ccc(C7OCCO7)cn6)sc45)ccc3o2)cc1. The predicted octanol–water partition coefficient (Wildman–Crippen LogP) is 7.73. The Hall–Kier alpha value is -4.02. The monoisotopic (exact) mass is 542 g/mol. The zero-order chi connectivity index (χ0) is 25.5. The number of thiophene rings is 1. The van der Waals surface area contributed by atoms with Gasteiger partial charge in [-0.2, -0.15) is 4.98 Å². The molecule has 10 heteroatoms. The van der Waals surface area contributed by atoms with E-state index in [1.165, 1.54) is 0 Å².